The van der Waals surface area contributed by atoms with Crippen LogP contribution in [0.4, 0.5) is 38.0 Å². The number of carbonyl (C=O) groups excluding carboxylic acids is 14. The van der Waals surface area contributed by atoms with E-state index in [9.17, 15) is 85.4 Å². The lowest BCUT2D eigenvalue weighted by Crippen LogP contribution is -2.54. The molecule has 5 atom stereocenters. The molecule has 18 amide bonds. The van der Waals surface area contributed by atoms with E-state index in [2.05, 4.69) is 122 Å². The minimum atomic E-state index is -1.71. The van der Waals surface area contributed by atoms with Crippen LogP contribution in [0.5, 0.6) is 23.0 Å². The molecule has 0 radical (unpaired) electrons. The van der Waals surface area contributed by atoms with Crippen LogP contribution in [0.1, 0.15) is 143 Å². The van der Waals surface area contributed by atoms with Crippen molar-refractivity contribution in [3.8, 4) is 70.4 Å². The third-order valence-electron chi connectivity index (χ3n) is 26.6. The van der Waals surface area contributed by atoms with Gasteiger partial charge in [-0.1, -0.05) is 103 Å². The van der Waals surface area contributed by atoms with Crippen molar-refractivity contribution in [1.29, 1.82) is 0 Å². The van der Waals surface area contributed by atoms with Gasteiger partial charge in [-0.3, -0.25) is 84.0 Å². The van der Waals surface area contributed by atoms with E-state index >= 15 is 0 Å². The van der Waals surface area contributed by atoms with Gasteiger partial charge in [0.15, 0.2) is 34.7 Å². The first-order chi connectivity index (χ1) is 68.7. The number of aromatic nitrogens is 1. The van der Waals surface area contributed by atoms with Gasteiger partial charge in [-0.2, -0.15) is 0 Å². The molecule has 8 fully saturated rings. The Kier molecular flexibility index (Phi) is 27.8. The van der Waals surface area contributed by atoms with Crippen LogP contribution in [0.3, 0.4) is 0 Å². The number of urea groups is 4. The van der Waals surface area contributed by atoms with Crippen LogP contribution in [-0.4, -0.2) is 257 Å². The number of carbonyl (C=O) groups is 14. The number of nitrogens with zero attached hydrogens (tertiary/aromatic N) is 8. The number of piperazine rings is 1. The first kappa shape index (κ1) is 98.0. The summed E-state index contributed by atoms with van der Waals surface area (Å²) in [6.07, 6.45) is 6.98. The quantitative estimate of drug-likeness (QED) is 0.0394. The number of amides is 18. The van der Waals surface area contributed by atoms with Crippen LogP contribution < -0.4 is 77.0 Å². The summed E-state index contributed by atoms with van der Waals surface area (Å²) in [4.78, 5) is 192. The highest BCUT2D eigenvalue weighted by atomic mass is 19.1. The van der Waals surface area contributed by atoms with Crippen LogP contribution in [0, 0.1) is 64.8 Å². The van der Waals surface area contributed by atoms with Crippen molar-refractivity contribution in [3.63, 3.8) is 0 Å². The summed E-state index contributed by atoms with van der Waals surface area (Å²) in [5.41, 5.74) is -0.388. The van der Waals surface area contributed by atoms with Crippen molar-refractivity contribution in [1.82, 2.24) is 87.6 Å². The van der Waals surface area contributed by atoms with E-state index in [-0.39, 0.29) is 110 Å². The molecule has 1 saturated carbocycles. The minimum Gasteiger partial charge on any atom is -0.497 e. The number of likely N-dealkylation sites (N-methyl/N-ethyl adjacent to an activating group) is 1. The maximum absolute atomic E-state index is 14.8. The van der Waals surface area contributed by atoms with Gasteiger partial charge in [0.1, 0.15) is 11.8 Å². The number of pyridine rings is 1. The smallest absolute Gasteiger partial charge is 0.323 e. The highest BCUT2D eigenvalue weighted by Crippen LogP contribution is 2.39. The van der Waals surface area contributed by atoms with Gasteiger partial charge in [0.2, 0.25) is 34.0 Å². The topological polar surface area (TPSA) is 452 Å². The number of nitrogens with one attached hydrogen (secondary N) is 10. The van der Waals surface area contributed by atoms with Crippen LogP contribution in [0.25, 0.3) is 0 Å². The van der Waals surface area contributed by atoms with Crippen molar-refractivity contribution in [2.24, 2.45) is 0 Å². The summed E-state index contributed by atoms with van der Waals surface area (Å²) in [5.74, 6) is 16.1. The Bertz CT molecular complexity index is 6850. The Morgan fingerprint density at radius 1 is 0.469 bits per heavy atom. The first-order valence-corrected chi connectivity index (χ1v) is 46.0. The fourth-order valence-corrected chi connectivity index (χ4v) is 18.6. The third kappa shape index (κ3) is 20.5. The number of ether oxygens (including phenoxy) is 4. The maximum Gasteiger partial charge on any atom is 0.323 e. The van der Waals surface area contributed by atoms with Crippen LogP contribution >= 0.6 is 0 Å². The molecule has 12 heterocycles. The van der Waals surface area contributed by atoms with Gasteiger partial charge >= 0.3 is 24.1 Å². The van der Waals surface area contributed by atoms with Crippen LogP contribution in [-0.2, 0) is 67.1 Å². The number of imide groups is 4. The molecule has 20 rings (SSSR count). The Morgan fingerprint density at radius 3 is 1.26 bits per heavy atom. The van der Waals surface area contributed by atoms with Crippen molar-refractivity contribution in [2.75, 3.05) is 105 Å². The molecule has 12 aliphatic rings. The zero-order valence-electron chi connectivity index (χ0n) is 78.2. The summed E-state index contributed by atoms with van der Waals surface area (Å²) >= 11 is 0. The molecule has 40 heteroatoms. The van der Waals surface area contributed by atoms with Crippen molar-refractivity contribution >= 4 is 88.9 Å². The van der Waals surface area contributed by atoms with Crippen molar-refractivity contribution in [3.05, 3.63) is 247 Å². The second-order valence-corrected chi connectivity index (χ2v) is 35.9. The molecule has 37 nitrogen and oxygen atoms in total. The molecule has 7 saturated heterocycles. The van der Waals surface area contributed by atoms with Gasteiger partial charge in [-0.25, -0.2) is 32.3 Å². The number of benzene rings is 7. The molecular formula is C103H97F3N18O19. The Labute approximate surface area is 817 Å². The molecule has 7 aromatic carbocycles. The number of piperidine rings is 1. The number of anilines is 1. The molecule has 1 unspecified atom stereocenters. The Balaban J connectivity index is 0.000000132. The lowest BCUT2D eigenvalue weighted by Gasteiger charge is -2.34. The lowest BCUT2D eigenvalue weighted by molar-refractivity contribution is -0.124. The Hall–Kier alpha value is -16.7. The van der Waals surface area contributed by atoms with E-state index < -0.39 is 117 Å². The van der Waals surface area contributed by atoms with Crippen molar-refractivity contribution in [2.45, 2.75) is 118 Å². The largest absolute Gasteiger partial charge is 0.497 e. The molecule has 0 bridgehead atoms. The fraction of sp³-hybridized carbons (Fsp3) is 0.330. The summed E-state index contributed by atoms with van der Waals surface area (Å²) < 4.78 is 64.2. The molecule has 8 aromatic rings. The van der Waals surface area contributed by atoms with Gasteiger partial charge in [-0.05, 0) is 176 Å². The van der Waals surface area contributed by atoms with Gasteiger partial charge in [0.25, 0.3) is 47.3 Å². The second-order valence-electron chi connectivity index (χ2n) is 35.9. The van der Waals surface area contributed by atoms with E-state index in [1.165, 1.54) is 82.9 Å². The molecule has 1 aromatic heterocycles. The fourth-order valence-electron chi connectivity index (χ4n) is 18.6. The second kappa shape index (κ2) is 40.6. The average Bonchev–Trinajstić information content (AvgIpc) is 1.63. The summed E-state index contributed by atoms with van der Waals surface area (Å²) in [6, 6.07) is 36.2. The monoisotopic (exact) mass is 1950 g/mol. The average molecular weight is 1950 g/mol. The Morgan fingerprint density at radius 2 is 0.867 bits per heavy atom. The summed E-state index contributed by atoms with van der Waals surface area (Å²) in [5, 5.41) is 36.1. The predicted molar refractivity (Wildman–Crippen MR) is 505 cm³/mol. The molecule has 734 valence electrons. The summed E-state index contributed by atoms with van der Waals surface area (Å²) in [7, 11) is 5.46. The molecule has 1 aliphatic carbocycles. The van der Waals surface area contributed by atoms with E-state index in [4.69, 9.17) is 18.9 Å². The van der Waals surface area contributed by atoms with E-state index in [0.717, 1.165) is 76.3 Å². The molecular weight excluding hydrogens is 1850 g/mol. The SMILES string of the molecule is CCN1CCN(Cc2ccc(C#C[C@]3(CN4Cc5ccc(OC)c(F)c5C4=O)NC(=O)NC3=O)cc2)CC1.COc1ccc2c(c1)C(=O)N(C[C@@]1(C#Cc3ccc(N4C(=O)CCC4C(=O)NC4CC4)cc3)NC(=O)NC1=O)C2.COc1ccc2c(c1F)C(=O)N(C[C@@]1(C#Cc3ccc(C4(O)CCNCC4)cc3)NC(=O)NC1=O)C2.COc1ccc2c(c1F)C(=O)N(C[C@@]1(C#Cc3cccnc3)NC(=O)NC1=O)C2. The number of fused-ring (bicyclic) bond motifs is 4. The summed E-state index contributed by atoms with van der Waals surface area (Å²) in [6.45, 7) is 9.37. The standard InChI is InChI=1S/C29H27N5O6.C28H30FN5O4.C26H25FN4O5.C20H15FN4O4/c1-40-21-9-4-18-15-33(26(37)22(18)14-21)16-29(27(38)31-28(39)32-29)13-12-17-2-7-20(8-3-17)34-23(10-11-24(34)35)25(36)30-19-5-6-19;1-3-32-12-14-33(15-13-32)16-20-6-4-19(5-7-20)10-11-28(26(36)30-27(37)31-28)18-34-17-21-8-9-22(38-2)24(29)23(21)25(34)35;1-36-19-7-4-17-14-31(22(32)20(17)21(19)27)15-25(23(33)29-24(34)30-25)9-8-16-2-5-18(6-3-16)26(35)10-12-28-13-11-26;1-29-14-5-4-13-10-25(17(26)15(13)16(14)21)11-20(18(27)23-19(28)24-20)7-6-12-3-2-8-22-9-12/h2-4,7-9,14,19,23H,5-6,10-11,15-16H2,1H3,(H,30,36)(H2,31,32,38,39);4-9H,3,12-18H2,1-2H3,(H2,30,31,36,37);2-7,28,35H,10-15H2,1H3,(H2,29,30,33,34);2-5,8-9H,10-11H2,1H3,(H2,23,24,27,28)/t23?,29-;28-;25-;20-/m1111/s1. The van der Waals surface area contributed by atoms with E-state index in [0.29, 0.717) is 81.6 Å². The number of halogens is 3. The normalized spacial score (nSPS) is 22.0. The molecule has 11 aliphatic heterocycles. The predicted octanol–water partition coefficient (Wildman–Crippen LogP) is 4.42. The maximum atomic E-state index is 14.8. The highest BCUT2D eigenvalue weighted by Gasteiger charge is 2.54. The zero-order chi connectivity index (χ0) is 101. The lowest BCUT2D eigenvalue weighted by atomic mass is 9.85. The van der Waals surface area contributed by atoms with E-state index in [1.807, 2.05) is 24.3 Å². The number of hydrogen-bond acceptors (Lipinski definition) is 23. The van der Waals surface area contributed by atoms with Gasteiger partial charge < -0.3 is 80.5 Å². The van der Waals surface area contributed by atoms with Gasteiger partial charge in [-0.15, -0.1) is 0 Å². The highest BCUT2D eigenvalue weighted by molar-refractivity contribution is 6.14. The van der Waals surface area contributed by atoms with Crippen molar-refractivity contribution < 1.29 is 104 Å². The molecule has 11 N–H and O–H groups in total. The number of aliphatic hydroxyl groups is 1. The number of methoxy groups -OCH3 is 4. The van der Waals surface area contributed by atoms with Gasteiger partial charge in [0.05, 0.1) is 76.9 Å². The minimum absolute atomic E-state index is 0.0352. The van der Waals surface area contributed by atoms with Crippen LogP contribution in [0.2, 0.25) is 0 Å². The van der Waals surface area contributed by atoms with Crippen LogP contribution in [0.15, 0.2) is 152 Å². The molecule has 0 spiro atoms. The van der Waals surface area contributed by atoms with Gasteiger partial charge in [0, 0.05) is 117 Å². The first-order valence-electron chi connectivity index (χ1n) is 46.0. The molecule has 143 heavy (non-hydrogen) atoms. The number of hydrogen-bond donors (Lipinski definition) is 11. The zero-order valence-corrected chi connectivity index (χ0v) is 78.2. The van der Waals surface area contributed by atoms with E-state index in [1.54, 1.807) is 103 Å². The third-order valence-corrected chi connectivity index (χ3v) is 26.6. The number of rotatable bonds is 19.